The van der Waals surface area contributed by atoms with Crippen molar-refractivity contribution in [2.45, 2.75) is 25.9 Å². The smallest absolute Gasteiger partial charge is 0.261 e. The van der Waals surface area contributed by atoms with Gasteiger partial charge in [0.25, 0.3) is 5.91 Å². The lowest BCUT2D eigenvalue weighted by Crippen LogP contribution is -2.36. The van der Waals surface area contributed by atoms with E-state index in [0.29, 0.717) is 22.6 Å². The van der Waals surface area contributed by atoms with Crippen molar-refractivity contribution in [3.05, 3.63) is 58.7 Å². The summed E-state index contributed by atoms with van der Waals surface area (Å²) in [5, 5.41) is 13.5. The first-order chi connectivity index (χ1) is 11.3. The van der Waals surface area contributed by atoms with Crippen molar-refractivity contribution in [2.24, 2.45) is 0 Å². The summed E-state index contributed by atoms with van der Waals surface area (Å²) in [5.74, 6) is -0.354. The lowest BCUT2D eigenvalue weighted by molar-refractivity contribution is -0.133. The van der Waals surface area contributed by atoms with Crippen molar-refractivity contribution in [1.29, 1.82) is 0 Å². The predicted octanol–water partition coefficient (Wildman–Crippen LogP) is 2.72. The van der Waals surface area contributed by atoms with Gasteiger partial charge in [-0.3, -0.25) is 9.59 Å². The minimum absolute atomic E-state index is 0.277. The Morgan fingerprint density at radius 3 is 2.62 bits per heavy atom. The topological polar surface area (TPSA) is 75.6 Å². The molecule has 2 N–H and O–H groups in total. The normalized spacial score (nSPS) is 18.9. The number of methoxy groups -OCH3 is 1. The number of nitrogens with one attached hydrogen (secondary N) is 1. The second-order valence-electron chi connectivity index (χ2n) is 6.14. The predicted molar refractivity (Wildman–Crippen MR) is 90.4 cm³/mol. The molecule has 0 saturated carbocycles. The van der Waals surface area contributed by atoms with Gasteiger partial charge in [0.1, 0.15) is 5.75 Å². The average Bonchev–Trinajstić information content (AvgIpc) is 2.77. The van der Waals surface area contributed by atoms with Crippen molar-refractivity contribution in [1.82, 2.24) is 0 Å². The fourth-order valence-corrected chi connectivity index (χ4v) is 3.08. The molecule has 124 valence electrons. The van der Waals surface area contributed by atoms with E-state index < -0.39 is 11.5 Å². The fourth-order valence-electron chi connectivity index (χ4n) is 3.08. The highest BCUT2D eigenvalue weighted by Crippen LogP contribution is 2.41. The highest BCUT2D eigenvalue weighted by atomic mass is 16.5. The summed E-state index contributed by atoms with van der Waals surface area (Å²) in [4.78, 5) is 25.0. The molecule has 1 aliphatic heterocycles. The number of carbonyl (C=O) groups excluding carboxylic acids is 2. The van der Waals surface area contributed by atoms with Gasteiger partial charge >= 0.3 is 0 Å². The largest absolute Gasteiger partial charge is 0.497 e. The zero-order chi connectivity index (χ0) is 17.5. The summed E-state index contributed by atoms with van der Waals surface area (Å²) in [7, 11) is 1.51. The maximum atomic E-state index is 12.7. The van der Waals surface area contributed by atoms with E-state index in [-0.39, 0.29) is 12.2 Å². The number of aryl methyl sites for hydroxylation is 2. The zero-order valence-electron chi connectivity index (χ0n) is 13.8. The SMILES string of the molecule is COc1ccc2c(c1)[C@](O)(CC(=O)c1ccc(C)cc1C)C(=O)N2. The summed E-state index contributed by atoms with van der Waals surface area (Å²) < 4.78 is 5.15. The van der Waals surface area contributed by atoms with Crippen LogP contribution in [0.1, 0.15) is 33.5 Å². The van der Waals surface area contributed by atoms with Crippen molar-refractivity contribution >= 4 is 17.4 Å². The molecule has 0 aromatic heterocycles. The number of hydrogen-bond donors (Lipinski definition) is 2. The molecule has 3 rings (SSSR count). The van der Waals surface area contributed by atoms with E-state index in [1.807, 2.05) is 26.0 Å². The number of aliphatic hydroxyl groups is 1. The van der Waals surface area contributed by atoms with E-state index in [1.165, 1.54) is 7.11 Å². The number of anilines is 1. The molecule has 0 radical (unpaired) electrons. The van der Waals surface area contributed by atoms with Crippen molar-refractivity contribution in [3.8, 4) is 5.75 Å². The lowest BCUT2D eigenvalue weighted by Gasteiger charge is -2.21. The molecule has 2 aromatic rings. The van der Waals surface area contributed by atoms with Gasteiger partial charge in [0.2, 0.25) is 0 Å². The molecule has 0 unspecified atom stereocenters. The lowest BCUT2D eigenvalue weighted by atomic mass is 9.87. The van der Waals surface area contributed by atoms with Crippen molar-refractivity contribution < 1.29 is 19.4 Å². The minimum Gasteiger partial charge on any atom is -0.497 e. The van der Waals surface area contributed by atoms with Crippen LogP contribution >= 0.6 is 0 Å². The van der Waals surface area contributed by atoms with E-state index in [4.69, 9.17) is 4.74 Å². The summed E-state index contributed by atoms with van der Waals surface area (Å²) in [6, 6.07) is 10.4. The maximum Gasteiger partial charge on any atom is 0.261 e. The third-order valence-corrected chi connectivity index (χ3v) is 4.39. The Hall–Kier alpha value is -2.66. The number of Topliss-reactive ketones (excluding diaryl/α,β-unsaturated/α-hetero) is 1. The Kier molecular flexibility index (Phi) is 3.89. The molecule has 1 amide bonds. The Morgan fingerprint density at radius 1 is 1.21 bits per heavy atom. The maximum absolute atomic E-state index is 12.7. The Morgan fingerprint density at radius 2 is 1.96 bits per heavy atom. The summed E-state index contributed by atoms with van der Waals surface area (Å²) >= 11 is 0. The summed E-state index contributed by atoms with van der Waals surface area (Å²) in [6.45, 7) is 3.79. The number of ketones is 1. The molecule has 5 heteroatoms. The van der Waals surface area contributed by atoms with Crippen LogP contribution in [-0.4, -0.2) is 23.9 Å². The standard InChI is InChI=1S/C19H19NO4/c1-11-4-6-14(12(2)8-11)17(21)10-19(23)15-9-13(24-3)5-7-16(15)20-18(19)22/h4-9,23H,10H2,1-3H3,(H,20,22)/t19-/m1/s1. The summed E-state index contributed by atoms with van der Waals surface area (Å²) in [6.07, 6.45) is -0.317. The van der Waals surface area contributed by atoms with E-state index in [1.54, 1.807) is 24.3 Å². The number of ether oxygens (including phenoxy) is 1. The van der Waals surface area contributed by atoms with Gasteiger partial charge in [-0.1, -0.05) is 23.8 Å². The van der Waals surface area contributed by atoms with Crippen LogP contribution in [0.3, 0.4) is 0 Å². The van der Waals surface area contributed by atoms with E-state index >= 15 is 0 Å². The van der Waals surface area contributed by atoms with Gasteiger partial charge in [-0.2, -0.15) is 0 Å². The molecule has 0 bridgehead atoms. The van der Waals surface area contributed by atoms with Gasteiger partial charge in [-0.05, 0) is 37.6 Å². The molecule has 24 heavy (non-hydrogen) atoms. The molecule has 1 heterocycles. The van der Waals surface area contributed by atoms with Crippen molar-refractivity contribution in [3.63, 3.8) is 0 Å². The zero-order valence-corrected chi connectivity index (χ0v) is 13.8. The average molecular weight is 325 g/mol. The van der Waals surface area contributed by atoms with Crippen LogP contribution in [0.2, 0.25) is 0 Å². The van der Waals surface area contributed by atoms with Crippen LogP contribution < -0.4 is 10.1 Å². The molecule has 0 saturated heterocycles. The van der Waals surface area contributed by atoms with Crippen LogP contribution in [0.5, 0.6) is 5.75 Å². The minimum atomic E-state index is -1.89. The van der Waals surface area contributed by atoms with Crippen LogP contribution in [0, 0.1) is 13.8 Å². The quantitative estimate of drug-likeness (QED) is 0.848. The number of fused-ring (bicyclic) bond motifs is 1. The van der Waals surface area contributed by atoms with Crippen LogP contribution in [0.4, 0.5) is 5.69 Å². The molecule has 0 fully saturated rings. The first kappa shape index (κ1) is 16.2. The van der Waals surface area contributed by atoms with Crippen LogP contribution in [0.25, 0.3) is 0 Å². The number of rotatable bonds is 4. The van der Waals surface area contributed by atoms with Crippen LogP contribution in [0.15, 0.2) is 36.4 Å². The van der Waals surface area contributed by atoms with E-state index in [9.17, 15) is 14.7 Å². The molecule has 1 aliphatic rings. The third-order valence-electron chi connectivity index (χ3n) is 4.39. The first-order valence-corrected chi connectivity index (χ1v) is 7.68. The van der Waals surface area contributed by atoms with Gasteiger partial charge in [-0.25, -0.2) is 0 Å². The number of hydrogen-bond acceptors (Lipinski definition) is 4. The van der Waals surface area contributed by atoms with E-state index in [2.05, 4.69) is 5.32 Å². The monoisotopic (exact) mass is 325 g/mol. The molecule has 5 nitrogen and oxygen atoms in total. The molecule has 0 spiro atoms. The Labute approximate surface area is 140 Å². The Bertz CT molecular complexity index is 843. The van der Waals surface area contributed by atoms with Crippen LogP contribution in [-0.2, 0) is 10.4 Å². The molecule has 2 aromatic carbocycles. The second-order valence-corrected chi connectivity index (χ2v) is 6.14. The van der Waals surface area contributed by atoms with E-state index in [0.717, 1.165) is 11.1 Å². The number of carbonyl (C=O) groups is 2. The number of amides is 1. The summed E-state index contributed by atoms with van der Waals surface area (Å²) in [5.41, 5.74) is 1.36. The second kappa shape index (κ2) is 5.76. The van der Waals surface area contributed by atoms with Gasteiger partial charge in [-0.15, -0.1) is 0 Å². The van der Waals surface area contributed by atoms with Gasteiger partial charge in [0.15, 0.2) is 11.4 Å². The van der Waals surface area contributed by atoms with Crippen molar-refractivity contribution in [2.75, 3.05) is 12.4 Å². The number of benzene rings is 2. The van der Waals surface area contributed by atoms with Gasteiger partial charge in [0.05, 0.1) is 13.5 Å². The third kappa shape index (κ3) is 2.57. The molecular formula is C19H19NO4. The fraction of sp³-hybridized carbons (Fsp3) is 0.263. The first-order valence-electron chi connectivity index (χ1n) is 7.68. The highest BCUT2D eigenvalue weighted by Gasteiger charge is 2.47. The van der Waals surface area contributed by atoms with Gasteiger partial charge in [0, 0.05) is 16.8 Å². The molecule has 1 atom stereocenters. The highest BCUT2D eigenvalue weighted by molar-refractivity contribution is 6.09. The Balaban J connectivity index is 1.97. The molecular weight excluding hydrogens is 306 g/mol. The molecule has 0 aliphatic carbocycles. The van der Waals surface area contributed by atoms with Gasteiger partial charge < -0.3 is 15.2 Å².